The van der Waals surface area contributed by atoms with Gasteiger partial charge < -0.3 is 14.6 Å². The van der Waals surface area contributed by atoms with E-state index >= 15 is 0 Å². The van der Waals surface area contributed by atoms with Gasteiger partial charge in [0.25, 0.3) is 0 Å². The molecule has 1 aromatic carbocycles. The van der Waals surface area contributed by atoms with Gasteiger partial charge in [0.2, 0.25) is 5.91 Å². The molecule has 3 aromatic rings. The summed E-state index contributed by atoms with van der Waals surface area (Å²) in [6.07, 6.45) is 5.30. The van der Waals surface area contributed by atoms with E-state index in [1.165, 1.54) is 12.1 Å². The van der Waals surface area contributed by atoms with Crippen LogP contribution >= 0.6 is 0 Å². The highest BCUT2D eigenvalue weighted by atomic mass is 19.1. The van der Waals surface area contributed by atoms with Gasteiger partial charge in [-0.2, -0.15) is 0 Å². The van der Waals surface area contributed by atoms with Crippen molar-refractivity contribution in [1.82, 2.24) is 15.2 Å². The molecule has 0 saturated carbocycles. The number of aromatic nitrogens is 1. The quantitative estimate of drug-likeness (QED) is 0.797. The zero-order valence-electron chi connectivity index (χ0n) is 13.6. The Labute approximate surface area is 144 Å². The van der Waals surface area contributed by atoms with E-state index in [-0.39, 0.29) is 24.2 Å². The Hall–Kier alpha value is -2.73. The molecule has 3 heterocycles. The van der Waals surface area contributed by atoms with E-state index < -0.39 is 0 Å². The molecular formula is C19H18FN3O2. The van der Waals surface area contributed by atoms with Crippen molar-refractivity contribution in [2.45, 2.75) is 12.5 Å². The first-order valence-corrected chi connectivity index (χ1v) is 8.28. The molecule has 25 heavy (non-hydrogen) atoms. The lowest BCUT2D eigenvalue weighted by atomic mass is 10.0. The Bertz CT molecular complexity index is 894. The summed E-state index contributed by atoms with van der Waals surface area (Å²) in [6, 6.07) is 8.21. The van der Waals surface area contributed by atoms with Crippen LogP contribution in [-0.2, 0) is 11.2 Å². The fraction of sp³-hybridized carbons (Fsp3) is 0.263. The standard InChI is InChI=1S/C19H18FN3O2/c20-15-3-4-16-14(12-25-18(16)9-15)8-19(24)23-7-6-22-11-17(23)13-2-1-5-21-10-13/h1-5,9-10,12,17,22H,6-8,11H2. The Kier molecular flexibility index (Phi) is 4.19. The third kappa shape index (κ3) is 3.13. The number of furan rings is 1. The lowest BCUT2D eigenvalue weighted by Gasteiger charge is -2.36. The minimum absolute atomic E-state index is 0.0300. The molecule has 0 aliphatic carbocycles. The van der Waals surface area contributed by atoms with Gasteiger partial charge in [-0.25, -0.2) is 4.39 Å². The first-order valence-electron chi connectivity index (χ1n) is 8.28. The van der Waals surface area contributed by atoms with Crippen molar-refractivity contribution in [3.63, 3.8) is 0 Å². The molecule has 1 aliphatic rings. The van der Waals surface area contributed by atoms with E-state index in [1.54, 1.807) is 24.7 Å². The molecule has 5 nitrogen and oxygen atoms in total. The molecule has 4 rings (SSSR count). The van der Waals surface area contributed by atoms with Gasteiger partial charge in [0, 0.05) is 49.0 Å². The van der Waals surface area contributed by atoms with Crippen LogP contribution in [0.4, 0.5) is 4.39 Å². The van der Waals surface area contributed by atoms with Gasteiger partial charge in [0.05, 0.1) is 18.7 Å². The molecule has 1 atom stereocenters. The molecule has 0 spiro atoms. The number of pyridine rings is 1. The molecule has 6 heteroatoms. The summed E-state index contributed by atoms with van der Waals surface area (Å²) in [5.41, 5.74) is 2.26. The number of nitrogens with zero attached hydrogens (tertiary/aromatic N) is 2. The highest BCUT2D eigenvalue weighted by Crippen LogP contribution is 2.26. The van der Waals surface area contributed by atoms with E-state index in [9.17, 15) is 9.18 Å². The predicted molar refractivity (Wildman–Crippen MR) is 91.4 cm³/mol. The molecule has 1 saturated heterocycles. The molecule has 1 unspecified atom stereocenters. The van der Waals surface area contributed by atoms with Crippen LogP contribution < -0.4 is 5.32 Å². The van der Waals surface area contributed by atoms with E-state index in [1.807, 2.05) is 17.0 Å². The second-order valence-electron chi connectivity index (χ2n) is 6.17. The van der Waals surface area contributed by atoms with Crippen molar-refractivity contribution in [3.8, 4) is 0 Å². The summed E-state index contributed by atoms with van der Waals surface area (Å²) in [4.78, 5) is 19.0. The number of halogens is 1. The van der Waals surface area contributed by atoms with Gasteiger partial charge in [0.1, 0.15) is 11.4 Å². The monoisotopic (exact) mass is 339 g/mol. The van der Waals surface area contributed by atoms with E-state index in [0.717, 1.165) is 23.1 Å². The number of hydrogen-bond donors (Lipinski definition) is 1. The zero-order chi connectivity index (χ0) is 17.2. The van der Waals surface area contributed by atoms with Crippen LogP contribution in [0.5, 0.6) is 0 Å². The minimum atomic E-state index is -0.349. The van der Waals surface area contributed by atoms with Crippen molar-refractivity contribution in [2.75, 3.05) is 19.6 Å². The Morgan fingerprint density at radius 3 is 3.16 bits per heavy atom. The smallest absolute Gasteiger partial charge is 0.227 e. The minimum Gasteiger partial charge on any atom is -0.464 e. The largest absolute Gasteiger partial charge is 0.464 e. The van der Waals surface area contributed by atoms with E-state index in [2.05, 4.69) is 10.3 Å². The number of amides is 1. The average Bonchev–Trinajstić information content (AvgIpc) is 3.04. The SMILES string of the molecule is O=C(Cc1coc2cc(F)ccc12)N1CCNCC1c1cccnc1. The number of nitrogens with one attached hydrogen (secondary N) is 1. The summed E-state index contributed by atoms with van der Waals surface area (Å²) in [5, 5.41) is 4.11. The normalized spacial score (nSPS) is 17.8. The van der Waals surface area contributed by atoms with Crippen LogP contribution in [-0.4, -0.2) is 35.4 Å². The van der Waals surface area contributed by atoms with Gasteiger partial charge in [-0.05, 0) is 23.8 Å². The second-order valence-corrected chi connectivity index (χ2v) is 6.17. The van der Waals surface area contributed by atoms with Crippen molar-refractivity contribution < 1.29 is 13.6 Å². The number of benzene rings is 1. The number of carbonyl (C=O) groups is 1. The number of piperazine rings is 1. The summed E-state index contributed by atoms with van der Waals surface area (Å²) in [5.74, 6) is -0.319. The number of carbonyl (C=O) groups excluding carboxylic acids is 1. The third-order valence-corrected chi connectivity index (χ3v) is 4.59. The Balaban J connectivity index is 1.58. The van der Waals surface area contributed by atoms with Crippen molar-refractivity contribution >= 4 is 16.9 Å². The van der Waals surface area contributed by atoms with Gasteiger partial charge in [-0.15, -0.1) is 0 Å². The van der Waals surface area contributed by atoms with Crippen LogP contribution in [0.25, 0.3) is 11.0 Å². The molecule has 1 fully saturated rings. The van der Waals surface area contributed by atoms with E-state index in [0.29, 0.717) is 18.7 Å². The Morgan fingerprint density at radius 2 is 2.32 bits per heavy atom. The summed E-state index contributed by atoms with van der Waals surface area (Å²) >= 11 is 0. The van der Waals surface area contributed by atoms with Crippen LogP contribution in [0, 0.1) is 5.82 Å². The van der Waals surface area contributed by atoms with E-state index in [4.69, 9.17) is 4.42 Å². The first kappa shape index (κ1) is 15.8. The zero-order valence-corrected chi connectivity index (χ0v) is 13.6. The van der Waals surface area contributed by atoms with Crippen molar-refractivity contribution in [3.05, 3.63) is 65.9 Å². The molecular weight excluding hydrogens is 321 g/mol. The second kappa shape index (κ2) is 6.64. The van der Waals surface area contributed by atoms with Gasteiger partial charge >= 0.3 is 0 Å². The lowest BCUT2D eigenvalue weighted by Crippen LogP contribution is -2.49. The summed E-state index contributed by atoms with van der Waals surface area (Å²) in [6.45, 7) is 2.11. The van der Waals surface area contributed by atoms with Crippen LogP contribution in [0.15, 0.2) is 53.4 Å². The van der Waals surface area contributed by atoms with Crippen LogP contribution in [0.1, 0.15) is 17.2 Å². The Morgan fingerprint density at radius 1 is 1.40 bits per heavy atom. The van der Waals surface area contributed by atoms with Crippen molar-refractivity contribution in [1.29, 1.82) is 0 Å². The number of fused-ring (bicyclic) bond motifs is 1. The van der Waals surface area contributed by atoms with Crippen molar-refractivity contribution in [2.24, 2.45) is 0 Å². The summed E-state index contributed by atoms with van der Waals surface area (Å²) < 4.78 is 18.7. The topological polar surface area (TPSA) is 58.4 Å². The lowest BCUT2D eigenvalue weighted by molar-refractivity contribution is -0.133. The number of rotatable bonds is 3. The fourth-order valence-electron chi connectivity index (χ4n) is 3.33. The maximum absolute atomic E-state index is 13.3. The molecule has 0 bridgehead atoms. The first-order chi connectivity index (χ1) is 12.2. The highest BCUT2D eigenvalue weighted by Gasteiger charge is 2.28. The molecule has 0 radical (unpaired) electrons. The molecule has 1 N–H and O–H groups in total. The molecule has 128 valence electrons. The van der Waals surface area contributed by atoms with Gasteiger partial charge in [-0.1, -0.05) is 6.07 Å². The molecule has 2 aromatic heterocycles. The van der Waals surface area contributed by atoms with Gasteiger partial charge in [0.15, 0.2) is 0 Å². The summed E-state index contributed by atoms with van der Waals surface area (Å²) in [7, 11) is 0. The van der Waals surface area contributed by atoms with Crippen LogP contribution in [0.3, 0.4) is 0 Å². The maximum Gasteiger partial charge on any atom is 0.227 e. The predicted octanol–water partition coefficient (Wildman–Crippen LogP) is 2.68. The molecule has 1 amide bonds. The van der Waals surface area contributed by atoms with Gasteiger partial charge in [-0.3, -0.25) is 9.78 Å². The molecule has 1 aliphatic heterocycles. The fourth-order valence-corrected chi connectivity index (χ4v) is 3.33. The highest BCUT2D eigenvalue weighted by molar-refractivity contribution is 5.88. The van der Waals surface area contributed by atoms with Crippen LogP contribution in [0.2, 0.25) is 0 Å². The third-order valence-electron chi connectivity index (χ3n) is 4.59. The number of hydrogen-bond acceptors (Lipinski definition) is 4. The maximum atomic E-state index is 13.3. The average molecular weight is 339 g/mol.